The summed E-state index contributed by atoms with van der Waals surface area (Å²) >= 11 is 0. The lowest BCUT2D eigenvalue weighted by Gasteiger charge is -2.46. The number of hydrogen-bond donors (Lipinski definition) is 4. The van der Waals surface area contributed by atoms with Crippen LogP contribution in [-0.4, -0.2) is 60.3 Å². The maximum Gasteiger partial charge on any atom is 0.256 e. The van der Waals surface area contributed by atoms with Gasteiger partial charge in [0.15, 0.2) is 11.6 Å². The van der Waals surface area contributed by atoms with Gasteiger partial charge in [-0.1, -0.05) is 6.07 Å². The molecule has 0 spiro atoms. The third-order valence-corrected chi connectivity index (χ3v) is 5.97. The predicted octanol–water partition coefficient (Wildman–Crippen LogP) is 2.68. The molecule has 2 aliphatic heterocycles. The Balaban J connectivity index is 1.44. The van der Waals surface area contributed by atoms with Gasteiger partial charge in [0.1, 0.15) is 11.4 Å². The van der Waals surface area contributed by atoms with Crippen molar-refractivity contribution in [1.29, 1.82) is 0 Å². The van der Waals surface area contributed by atoms with Crippen molar-refractivity contribution < 1.29 is 23.1 Å². The number of nitrogens with one attached hydrogen (secondary N) is 3. The molecule has 172 valence electrons. The smallest absolute Gasteiger partial charge is 0.256 e. The molecule has 2 heterocycles. The zero-order chi connectivity index (χ0) is 22.9. The van der Waals surface area contributed by atoms with Crippen molar-refractivity contribution in [3.05, 3.63) is 58.9 Å². The Hall–Kier alpha value is -2.62. The van der Waals surface area contributed by atoms with Crippen molar-refractivity contribution in [1.82, 2.24) is 15.5 Å². The second-order valence-corrected chi connectivity index (χ2v) is 8.70. The Labute approximate surface area is 184 Å². The van der Waals surface area contributed by atoms with Gasteiger partial charge in [-0.2, -0.15) is 0 Å². The minimum absolute atomic E-state index is 0.0637. The first kappa shape index (κ1) is 22.6. The number of amides is 1. The zero-order valence-corrected chi connectivity index (χ0v) is 17.9. The molecule has 0 aliphatic carbocycles. The minimum Gasteiger partial charge on any atom is -0.385 e. The molecule has 0 aromatic heterocycles. The van der Waals surface area contributed by atoms with Crippen LogP contribution in [0.1, 0.15) is 28.8 Å². The van der Waals surface area contributed by atoms with E-state index >= 15 is 0 Å². The number of nitrogens with zero attached hydrogens (tertiary/aromatic N) is 1. The molecule has 2 saturated heterocycles. The van der Waals surface area contributed by atoms with Crippen LogP contribution in [0.2, 0.25) is 0 Å². The van der Waals surface area contributed by atoms with E-state index in [0.717, 1.165) is 38.1 Å². The predicted molar refractivity (Wildman–Crippen MR) is 116 cm³/mol. The van der Waals surface area contributed by atoms with Gasteiger partial charge < -0.3 is 26.0 Å². The highest BCUT2D eigenvalue weighted by atomic mass is 19.2. The van der Waals surface area contributed by atoms with Gasteiger partial charge in [-0.15, -0.1) is 0 Å². The number of anilines is 2. The molecular weight excluding hydrogens is 421 g/mol. The monoisotopic (exact) mass is 448 g/mol. The van der Waals surface area contributed by atoms with Crippen molar-refractivity contribution in [2.24, 2.45) is 0 Å². The Morgan fingerprint density at radius 2 is 2.00 bits per heavy atom. The summed E-state index contributed by atoms with van der Waals surface area (Å²) in [5.41, 5.74) is -1.04. The van der Waals surface area contributed by atoms with E-state index in [1.54, 1.807) is 13.0 Å². The summed E-state index contributed by atoms with van der Waals surface area (Å²) in [5.74, 6) is -3.63. The highest BCUT2D eigenvalue weighted by Gasteiger charge is 2.44. The molecule has 0 bridgehead atoms. The van der Waals surface area contributed by atoms with E-state index in [-0.39, 0.29) is 24.3 Å². The second-order valence-electron chi connectivity index (χ2n) is 8.70. The fourth-order valence-corrected chi connectivity index (χ4v) is 4.21. The molecule has 4 N–H and O–H groups in total. The summed E-state index contributed by atoms with van der Waals surface area (Å²) in [7, 11) is 0. The molecule has 2 aromatic carbocycles. The lowest BCUT2D eigenvalue weighted by molar-refractivity contribution is -0.0785. The van der Waals surface area contributed by atoms with E-state index in [0.29, 0.717) is 18.2 Å². The van der Waals surface area contributed by atoms with Gasteiger partial charge in [0.05, 0.1) is 30.0 Å². The van der Waals surface area contributed by atoms with E-state index in [1.807, 2.05) is 0 Å². The van der Waals surface area contributed by atoms with Crippen molar-refractivity contribution in [3.8, 4) is 0 Å². The number of aryl methyl sites for hydroxylation is 1. The first-order chi connectivity index (χ1) is 15.3. The number of aliphatic hydroxyl groups is 1. The SMILES string of the molecule is Cc1ccc(Nc2c(C(=O)N3CC(O)(CNCC4CCCN4)C3)ccc(F)c2F)c(F)c1. The normalized spacial score (nSPS) is 19.7. The molecule has 9 heteroatoms. The lowest BCUT2D eigenvalue weighted by Crippen LogP contribution is -2.67. The van der Waals surface area contributed by atoms with Crippen molar-refractivity contribution in [2.45, 2.75) is 31.4 Å². The fourth-order valence-electron chi connectivity index (χ4n) is 4.21. The van der Waals surface area contributed by atoms with E-state index < -0.39 is 34.6 Å². The molecule has 1 unspecified atom stereocenters. The Morgan fingerprint density at radius 1 is 1.22 bits per heavy atom. The molecule has 32 heavy (non-hydrogen) atoms. The summed E-state index contributed by atoms with van der Waals surface area (Å²) in [6.45, 7) is 3.88. The largest absolute Gasteiger partial charge is 0.385 e. The molecule has 0 saturated carbocycles. The van der Waals surface area contributed by atoms with E-state index in [4.69, 9.17) is 0 Å². The van der Waals surface area contributed by atoms with Crippen LogP contribution in [0, 0.1) is 24.4 Å². The molecule has 2 fully saturated rings. The third-order valence-electron chi connectivity index (χ3n) is 5.97. The average Bonchev–Trinajstić information content (AvgIpc) is 3.24. The number of rotatable bonds is 7. The maximum atomic E-state index is 14.6. The number of benzene rings is 2. The van der Waals surface area contributed by atoms with Crippen LogP contribution in [0.3, 0.4) is 0 Å². The standard InChI is InChI=1S/C23H27F3N4O2/c1-14-4-7-19(18(25)9-14)29-21-16(5-6-17(24)20(21)26)22(31)30-12-23(32,13-30)11-27-10-15-3-2-8-28-15/h4-7,9,15,27-29,32H,2-3,8,10-13H2,1H3. The number of likely N-dealkylation sites (tertiary alicyclic amines) is 1. The Bertz CT molecular complexity index is 1000. The van der Waals surface area contributed by atoms with Gasteiger partial charge in [-0.25, -0.2) is 13.2 Å². The molecule has 1 atom stereocenters. The van der Waals surface area contributed by atoms with Crippen LogP contribution >= 0.6 is 0 Å². The molecular formula is C23H27F3N4O2. The van der Waals surface area contributed by atoms with Crippen LogP contribution in [0.25, 0.3) is 0 Å². The third kappa shape index (κ3) is 4.74. The van der Waals surface area contributed by atoms with Crippen LogP contribution in [0.15, 0.2) is 30.3 Å². The molecule has 0 radical (unpaired) electrons. The first-order valence-electron chi connectivity index (χ1n) is 10.7. The van der Waals surface area contributed by atoms with Gasteiger partial charge in [0.25, 0.3) is 5.91 Å². The summed E-state index contributed by atoms with van der Waals surface area (Å²) in [6.07, 6.45) is 2.22. The number of β-amino-alcohol motifs (C(OH)–C–C–N with tert-alkyl or cyclic N) is 1. The van der Waals surface area contributed by atoms with Crippen LogP contribution in [0.5, 0.6) is 0 Å². The fraction of sp³-hybridized carbons (Fsp3) is 0.435. The molecule has 2 aliphatic rings. The van der Waals surface area contributed by atoms with Crippen molar-refractivity contribution in [3.63, 3.8) is 0 Å². The molecule has 1 amide bonds. The van der Waals surface area contributed by atoms with Gasteiger partial charge in [0.2, 0.25) is 0 Å². The minimum atomic E-state index is -1.27. The van der Waals surface area contributed by atoms with E-state index in [9.17, 15) is 23.1 Å². The van der Waals surface area contributed by atoms with Crippen LogP contribution < -0.4 is 16.0 Å². The van der Waals surface area contributed by atoms with Gasteiger partial charge in [-0.3, -0.25) is 4.79 Å². The molecule has 2 aromatic rings. The summed E-state index contributed by atoms with van der Waals surface area (Å²) in [4.78, 5) is 14.3. The summed E-state index contributed by atoms with van der Waals surface area (Å²) in [5, 5.41) is 19.8. The first-order valence-corrected chi connectivity index (χ1v) is 10.7. The maximum absolute atomic E-state index is 14.6. The quantitative estimate of drug-likeness (QED) is 0.524. The molecule has 6 nitrogen and oxygen atoms in total. The Morgan fingerprint density at radius 3 is 2.69 bits per heavy atom. The number of carbonyl (C=O) groups is 1. The highest BCUT2D eigenvalue weighted by molar-refractivity contribution is 6.01. The highest BCUT2D eigenvalue weighted by Crippen LogP contribution is 2.31. The summed E-state index contributed by atoms with van der Waals surface area (Å²) < 4.78 is 42.7. The van der Waals surface area contributed by atoms with Crippen LogP contribution in [-0.2, 0) is 0 Å². The topological polar surface area (TPSA) is 76.6 Å². The Kier molecular flexibility index (Phi) is 6.41. The van der Waals surface area contributed by atoms with Gasteiger partial charge >= 0.3 is 0 Å². The van der Waals surface area contributed by atoms with Crippen molar-refractivity contribution in [2.75, 3.05) is 38.0 Å². The van der Waals surface area contributed by atoms with E-state index in [1.165, 1.54) is 17.0 Å². The summed E-state index contributed by atoms with van der Waals surface area (Å²) in [6, 6.07) is 6.68. The van der Waals surface area contributed by atoms with Gasteiger partial charge in [0, 0.05) is 19.1 Å². The van der Waals surface area contributed by atoms with E-state index in [2.05, 4.69) is 16.0 Å². The number of hydrogen-bond acceptors (Lipinski definition) is 5. The molecule has 4 rings (SSSR count). The average molecular weight is 448 g/mol. The number of carbonyl (C=O) groups excluding carboxylic acids is 1. The van der Waals surface area contributed by atoms with Crippen molar-refractivity contribution >= 4 is 17.3 Å². The second kappa shape index (κ2) is 9.09. The van der Waals surface area contributed by atoms with Crippen LogP contribution in [0.4, 0.5) is 24.5 Å². The number of halogens is 3. The van der Waals surface area contributed by atoms with Gasteiger partial charge in [-0.05, 0) is 56.1 Å². The zero-order valence-electron chi connectivity index (χ0n) is 17.9. The lowest BCUT2D eigenvalue weighted by atomic mass is 9.92.